The third kappa shape index (κ3) is 3.86. The zero-order valence-corrected chi connectivity index (χ0v) is 16.9. The Morgan fingerprint density at radius 3 is 2.93 bits per heavy atom. The minimum atomic E-state index is 0.0218. The highest BCUT2D eigenvalue weighted by atomic mass is 16.5. The molecule has 28 heavy (non-hydrogen) atoms. The number of rotatable bonds is 5. The largest absolute Gasteiger partial charge is 0.494 e. The van der Waals surface area contributed by atoms with Crippen LogP contribution in [-0.2, 0) is 4.79 Å². The van der Waals surface area contributed by atoms with Crippen LogP contribution in [-0.4, -0.2) is 35.2 Å². The molecule has 2 fully saturated rings. The van der Waals surface area contributed by atoms with Crippen LogP contribution in [0.1, 0.15) is 38.3 Å². The van der Waals surface area contributed by atoms with Crippen molar-refractivity contribution in [1.29, 1.82) is 0 Å². The molecule has 0 bridgehead atoms. The van der Waals surface area contributed by atoms with Crippen molar-refractivity contribution in [2.75, 3.05) is 19.0 Å². The van der Waals surface area contributed by atoms with Gasteiger partial charge in [-0.15, -0.1) is 0 Å². The van der Waals surface area contributed by atoms with Crippen molar-refractivity contribution in [2.45, 2.75) is 45.6 Å². The van der Waals surface area contributed by atoms with Crippen LogP contribution < -0.4 is 15.4 Å². The Morgan fingerprint density at radius 2 is 2.18 bits per heavy atom. The minimum Gasteiger partial charge on any atom is -0.494 e. The van der Waals surface area contributed by atoms with Crippen molar-refractivity contribution < 1.29 is 9.53 Å². The van der Waals surface area contributed by atoms with Crippen molar-refractivity contribution in [3.63, 3.8) is 0 Å². The number of imidazole rings is 1. The van der Waals surface area contributed by atoms with Crippen LogP contribution in [0.3, 0.4) is 0 Å². The highest BCUT2D eigenvalue weighted by Crippen LogP contribution is 2.36. The molecule has 1 amide bonds. The number of fused-ring (bicyclic) bond motifs is 1. The first kappa shape index (κ1) is 18.8. The summed E-state index contributed by atoms with van der Waals surface area (Å²) in [4.78, 5) is 16.8. The molecule has 0 radical (unpaired) electrons. The van der Waals surface area contributed by atoms with Crippen LogP contribution in [0.15, 0.2) is 30.7 Å². The molecule has 1 aromatic carbocycles. The summed E-state index contributed by atoms with van der Waals surface area (Å²) < 4.78 is 7.53. The fourth-order valence-electron chi connectivity index (χ4n) is 4.69. The number of benzene rings is 1. The average Bonchev–Trinajstić information content (AvgIpc) is 3.12. The van der Waals surface area contributed by atoms with E-state index < -0.39 is 0 Å². The molecule has 1 aliphatic heterocycles. The van der Waals surface area contributed by atoms with Crippen LogP contribution in [0.4, 0.5) is 5.69 Å². The lowest BCUT2D eigenvalue weighted by atomic mass is 9.72. The fourth-order valence-corrected chi connectivity index (χ4v) is 4.69. The van der Waals surface area contributed by atoms with Gasteiger partial charge in [0.1, 0.15) is 5.75 Å². The van der Waals surface area contributed by atoms with Gasteiger partial charge in [0.15, 0.2) is 0 Å². The summed E-state index contributed by atoms with van der Waals surface area (Å²) in [6.07, 6.45) is 8.33. The predicted molar refractivity (Wildman–Crippen MR) is 110 cm³/mol. The van der Waals surface area contributed by atoms with Gasteiger partial charge in [-0.1, -0.05) is 6.92 Å². The van der Waals surface area contributed by atoms with E-state index in [1.807, 2.05) is 35.9 Å². The maximum absolute atomic E-state index is 12.5. The Kier molecular flexibility index (Phi) is 5.29. The van der Waals surface area contributed by atoms with Crippen LogP contribution in [0.25, 0.3) is 5.69 Å². The van der Waals surface area contributed by atoms with E-state index in [1.165, 1.54) is 12.8 Å². The molecule has 1 saturated carbocycles. The van der Waals surface area contributed by atoms with E-state index in [2.05, 4.69) is 22.5 Å². The molecular weight excluding hydrogens is 352 g/mol. The third-order valence-corrected chi connectivity index (χ3v) is 6.25. The Hall–Kier alpha value is -2.50. The number of aromatic nitrogens is 2. The summed E-state index contributed by atoms with van der Waals surface area (Å²) >= 11 is 0. The van der Waals surface area contributed by atoms with E-state index in [1.54, 1.807) is 13.4 Å². The Morgan fingerprint density at radius 1 is 1.32 bits per heavy atom. The number of anilines is 1. The highest BCUT2D eigenvalue weighted by Gasteiger charge is 2.38. The van der Waals surface area contributed by atoms with Crippen molar-refractivity contribution in [3.8, 4) is 11.4 Å². The first-order chi connectivity index (χ1) is 13.5. The Balaban J connectivity index is 1.42. The lowest BCUT2D eigenvalue weighted by molar-refractivity contribution is -0.129. The molecular formula is C22H30N4O2. The minimum absolute atomic E-state index is 0.0218. The van der Waals surface area contributed by atoms with Gasteiger partial charge >= 0.3 is 0 Å². The lowest BCUT2D eigenvalue weighted by Crippen LogP contribution is -2.52. The summed E-state index contributed by atoms with van der Waals surface area (Å²) in [7, 11) is 1.67. The van der Waals surface area contributed by atoms with Crippen LogP contribution in [0.2, 0.25) is 0 Å². The number of ether oxygens (including phenoxy) is 1. The molecule has 0 spiro atoms. The molecule has 4 unspecified atom stereocenters. The fraction of sp³-hybridized carbons (Fsp3) is 0.545. The third-order valence-electron chi connectivity index (χ3n) is 6.25. The molecule has 150 valence electrons. The maximum Gasteiger partial charge on any atom is 0.225 e. The first-order valence-corrected chi connectivity index (χ1v) is 10.3. The molecule has 4 atom stereocenters. The highest BCUT2D eigenvalue weighted by molar-refractivity contribution is 5.80. The van der Waals surface area contributed by atoms with Crippen molar-refractivity contribution in [2.24, 2.45) is 17.8 Å². The zero-order chi connectivity index (χ0) is 19.7. The van der Waals surface area contributed by atoms with Crippen molar-refractivity contribution >= 4 is 11.6 Å². The summed E-state index contributed by atoms with van der Waals surface area (Å²) in [6.45, 7) is 4.94. The lowest BCUT2D eigenvalue weighted by Gasteiger charge is -2.41. The van der Waals surface area contributed by atoms with E-state index >= 15 is 0 Å². The number of carbonyl (C=O) groups is 1. The van der Waals surface area contributed by atoms with Crippen LogP contribution >= 0.6 is 0 Å². The molecule has 6 nitrogen and oxygen atoms in total. The van der Waals surface area contributed by atoms with Gasteiger partial charge in [0.05, 0.1) is 30.7 Å². The summed E-state index contributed by atoms with van der Waals surface area (Å²) in [5.41, 5.74) is 2.87. The van der Waals surface area contributed by atoms with Crippen LogP contribution in [0, 0.1) is 24.7 Å². The van der Waals surface area contributed by atoms with E-state index in [0.29, 0.717) is 18.5 Å². The second-order valence-electron chi connectivity index (χ2n) is 8.42. The number of piperidine rings is 1. The monoisotopic (exact) mass is 382 g/mol. The zero-order valence-electron chi connectivity index (χ0n) is 16.9. The maximum atomic E-state index is 12.5. The number of hydrogen-bond acceptors (Lipinski definition) is 4. The summed E-state index contributed by atoms with van der Waals surface area (Å²) in [5, 5.41) is 6.71. The average molecular weight is 383 g/mol. The number of methoxy groups -OCH3 is 1. The predicted octanol–water partition coefficient (Wildman–Crippen LogP) is 3.54. The van der Waals surface area contributed by atoms with E-state index in [0.717, 1.165) is 41.6 Å². The number of nitrogens with one attached hydrogen (secondary N) is 2. The van der Waals surface area contributed by atoms with Gasteiger partial charge in [-0.2, -0.15) is 0 Å². The molecule has 1 aromatic heterocycles. The normalized spacial score (nSPS) is 27.0. The van der Waals surface area contributed by atoms with E-state index in [4.69, 9.17) is 4.74 Å². The van der Waals surface area contributed by atoms with Gasteiger partial charge in [0.2, 0.25) is 5.91 Å². The number of nitrogens with zero attached hydrogens (tertiary/aromatic N) is 2. The molecule has 2 aliphatic rings. The summed E-state index contributed by atoms with van der Waals surface area (Å²) in [5.74, 6) is 2.38. The van der Waals surface area contributed by atoms with Gasteiger partial charge < -0.3 is 19.9 Å². The van der Waals surface area contributed by atoms with E-state index in [-0.39, 0.29) is 11.8 Å². The second-order valence-corrected chi connectivity index (χ2v) is 8.42. The molecule has 1 aliphatic carbocycles. The van der Waals surface area contributed by atoms with Crippen LogP contribution in [0.5, 0.6) is 5.75 Å². The van der Waals surface area contributed by atoms with Gasteiger partial charge in [-0.3, -0.25) is 4.79 Å². The molecule has 2 heterocycles. The molecule has 2 N–H and O–H groups in total. The first-order valence-electron chi connectivity index (χ1n) is 10.3. The van der Waals surface area contributed by atoms with Gasteiger partial charge in [-0.05, 0) is 56.6 Å². The second kappa shape index (κ2) is 7.86. The Labute approximate surface area is 166 Å². The molecule has 6 heteroatoms. The number of carbonyl (C=O) groups excluding carboxylic acids is 1. The van der Waals surface area contributed by atoms with Gasteiger partial charge in [0.25, 0.3) is 0 Å². The smallest absolute Gasteiger partial charge is 0.225 e. The van der Waals surface area contributed by atoms with Gasteiger partial charge in [-0.25, -0.2) is 4.98 Å². The van der Waals surface area contributed by atoms with Crippen molar-refractivity contribution in [3.05, 3.63) is 36.4 Å². The van der Waals surface area contributed by atoms with E-state index in [9.17, 15) is 4.79 Å². The molecule has 1 saturated heterocycles. The number of hydrogen-bond donors (Lipinski definition) is 2. The Bertz CT molecular complexity index is 847. The quantitative estimate of drug-likeness (QED) is 0.830. The SMILES string of the molecule is COc1cc(NCC2CC3CC(C)CCC3NC2=O)ccc1-n1cnc(C)c1. The van der Waals surface area contributed by atoms with Gasteiger partial charge in [0, 0.05) is 30.5 Å². The summed E-state index contributed by atoms with van der Waals surface area (Å²) in [6, 6.07) is 6.41. The molecule has 2 aromatic rings. The topological polar surface area (TPSA) is 68.2 Å². The molecule has 4 rings (SSSR count). The standard InChI is InChI=1S/C22H30N4O2/c1-14-4-6-19-16(8-14)9-17(22(27)25-19)11-23-18-5-7-20(21(10-18)28-3)26-12-15(2)24-13-26/h5,7,10,12-14,16-17,19,23H,4,6,8-9,11H2,1-3H3,(H,25,27). The van der Waals surface area contributed by atoms with Crippen molar-refractivity contribution in [1.82, 2.24) is 14.9 Å². The number of aryl methyl sites for hydroxylation is 1. The number of amides is 1.